The summed E-state index contributed by atoms with van der Waals surface area (Å²) in [4.78, 5) is 59.2. The van der Waals surface area contributed by atoms with Gasteiger partial charge in [-0.25, -0.2) is 4.79 Å². The van der Waals surface area contributed by atoms with Crippen molar-refractivity contribution in [1.29, 1.82) is 0 Å². The predicted molar refractivity (Wildman–Crippen MR) is 121 cm³/mol. The monoisotopic (exact) mass is 483 g/mol. The van der Waals surface area contributed by atoms with Crippen molar-refractivity contribution in [3.05, 3.63) is 29.8 Å². The van der Waals surface area contributed by atoms with Crippen LogP contribution in [-0.4, -0.2) is 76.5 Å². The molecule has 3 unspecified atom stereocenters. The fraction of sp³-hybridized carbons (Fsp3) is 0.450. The highest BCUT2D eigenvalue weighted by Gasteiger charge is 2.26. The lowest BCUT2D eigenvalue weighted by Crippen LogP contribution is -2.54. The van der Waals surface area contributed by atoms with Crippen molar-refractivity contribution in [2.24, 2.45) is 11.5 Å². The summed E-state index contributed by atoms with van der Waals surface area (Å²) in [5.41, 5.74) is 11.5. The van der Waals surface area contributed by atoms with Crippen molar-refractivity contribution in [1.82, 2.24) is 16.0 Å². The molecular formula is C20H29N5O7S. The van der Waals surface area contributed by atoms with E-state index in [-0.39, 0.29) is 12.2 Å². The number of aliphatic carboxylic acids is 1. The molecule has 1 rings (SSSR count). The number of nitrogens with two attached hydrogens (primary N) is 2. The Balaban J connectivity index is 2.82. The van der Waals surface area contributed by atoms with Crippen LogP contribution in [0.2, 0.25) is 0 Å². The molecule has 0 aliphatic heterocycles. The normalized spacial score (nSPS) is 13.3. The van der Waals surface area contributed by atoms with Gasteiger partial charge in [0.2, 0.25) is 23.6 Å². The fourth-order valence-electron chi connectivity index (χ4n) is 2.67. The van der Waals surface area contributed by atoms with E-state index >= 15 is 0 Å². The molecule has 182 valence electrons. The van der Waals surface area contributed by atoms with Crippen LogP contribution in [0.4, 0.5) is 0 Å². The Hall–Kier alpha value is -3.32. The molecule has 0 aliphatic rings. The summed E-state index contributed by atoms with van der Waals surface area (Å²) in [6.07, 6.45) is 1.71. The summed E-state index contributed by atoms with van der Waals surface area (Å²) in [5, 5.41) is 25.5. The van der Waals surface area contributed by atoms with E-state index in [0.29, 0.717) is 17.7 Å². The highest BCUT2D eigenvalue weighted by Crippen LogP contribution is 2.12. The third-order valence-corrected chi connectivity index (χ3v) is 5.08. The van der Waals surface area contributed by atoms with Gasteiger partial charge in [-0.2, -0.15) is 11.8 Å². The Labute approximate surface area is 194 Å². The van der Waals surface area contributed by atoms with Crippen molar-refractivity contribution < 1.29 is 34.2 Å². The summed E-state index contributed by atoms with van der Waals surface area (Å²) in [5.74, 6) is -3.79. The number of aromatic hydroxyl groups is 1. The minimum absolute atomic E-state index is 0.0310. The molecule has 0 aromatic heterocycles. The van der Waals surface area contributed by atoms with Gasteiger partial charge in [-0.15, -0.1) is 0 Å². The maximum absolute atomic E-state index is 12.7. The highest BCUT2D eigenvalue weighted by molar-refractivity contribution is 7.98. The number of nitrogens with one attached hydrogen (secondary N) is 3. The van der Waals surface area contributed by atoms with E-state index < -0.39 is 60.7 Å². The zero-order valence-electron chi connectivity index (χ0n) is 18.1. The van der Waals surface area contributed by atoms with Gasteiger partial charge in [-0.05, 0) is 36.1 Å². The van der Waals surface area contributed by atoms with E-state index in [9.17, 15) is 29.1 Å². The van der Waals surface area contributed by atoms with Crippen molar-refractivity contribution >= 4 is 41.4 Å². The molecule has 0 spiro atoms. The molecule has 33 heavy (non-hydrogen) atoms. The van der Waals surface area contributed by atoms with Crippen LogP contribution in [0, 0.1) is 0 Å². The molecule has 0 bridgehead atoms. The van der Waals surface area contributed by atoms with Crippen molar-refractivity contribution in [3.63, 3.8) is 0 Å². The number of carboxylic acid groups (broad SMARTS) is 1. The number of primary amides is 1. The van der Waals surface area contributed by atoms with Gasteiger partial charge in [0.05, 0.1) is 19.0 Å². The Morgan fingerprint density at radius 1 is 1.03 bits per heavy atom. The van der Waals surface area contributed by atoms with Crippen LogP contribution in [0.15, 0.2) is 24.3 Å². The zero-order chi connectivity index (χ0) is 25.0. The number of amides is 4. The largest absolute Gasteiger partial charge is 0.508 e. The molecule has 0 saturated heterocycles. The maximum Gasteiger partial charge on any atom is 0.326 e. The maximum atomic E-state index is 12.7. The molecule has 4 amide bonds. The van der Waals surface area contributed by atoms with Gasteiger partial charge in [-0.3, -0.25) is 19.2 Å². The van der Waals surface area contributed by atoms with Crippen LogP contribution >= 0.6 is 11.8 Å². The SMILES string of the molecule is CSCCC(N)C(=O)NC(Cc1ccc(O)cc1)C(=O)NCC(=O)NC(CC(N)=O)C(=O)O. The summed E-state index contributed by atoms with van der Waals surface area (Å²) >= 11 is 1.52. The molecule has 3 atom stereocenters. The minimum atomic E-state index is -1.53. The summed E-state index contributed by atoms with van der Waals surface area (Å²) in [6.45, 7) is -0.595. The standard InChI is InChI=1S/C20H29N5O7S/c1-33-7-6-13(21)18(29)25-14(8-11-2-4-12(26)5-3-11)19(30)23-10-17(28)24-15(20(31)32)9-16(22)27/h2-5,13-15,26H,6-10,21H2,1H3,(H2,22,27)(H,23,30)(H,24,28)(H,25,29)(H,31,32). The molecule has 0 radical (unpaired) electrons. The first-order valence-electron chi connectivity index (χ1n) is 9.94. The van der Waals surface area contributed by atoms with Crippen LogP contribution in [0.3, 0.4) is 0 Å². The molecule has 13 heteroatoms. The molecule has 9 N–H and O–H groups in total. The van der Waals surface area contributed by atoms with Gasteiger partial charge in [0, 0.05) is 6.42 Å². The zero-order valence-corrected chi connectivity index (χ0v) is 18.9. The first-order chi connectivity index (χ1) is 15.5. The minimum Gasteiger partial charge on any atom is -0.508 e. The van der Waals surface area contributed by atoms with E-state index in [0.717, 1.165) is 0 Å². The van der Waals surface area contributed by atoms with Gasteiger partial charge in [0.25, 0.3) is 0 Å². The van der Waals surface area contributed by atoms with Gasteiger partial charge in [0.1, 0.15) is 17.8 Å². The summed E-state index contributed by atoms with van der Waals surface area (Å²) < 4.78 is 0. The number of hydrogen-bond donors (Lipinski definition) is 7. The van der Waals surface area contributed by atoms with Crippen LogP contribution in [-0.2, 0) is 30.4 Å². The Kier molecular flexibility index (Phi) is 11.7. The molecule has 12 nitrogen and oxygen atoms in total. The summed E-state index contributed by atoms with van der Waals surface area (Å²) in [6, 6.07) is 2.54. The molecule has 0 heterocycles. The van der Waals surface area contributed by atoms with Crippen molar-refractivity contribution in [2.45, 2.75) is 37.4 Å². The van der Waals surface area contributed by atoms with E-state index in [2.05, 4.69) is 16.0 Å². The summed E-state index contributed by atoms with van der Waals surface area (Å²) in [7, 11) is 0. The van der Waals surface area contributed by atoms with Gasteiger partial charge in [0.15, 0.2) is 0 Å². The first kappa shape index (κ1) is 27.7. The number of phenolic OH excluding ortho intramolecular Hbond substituents is 1. The van der Waals surface area contributed by atoms with E-state index in [1.165, 1.54) is 23.9 Å². The predicted octanol–water partition coefficient (Wildman–Crippen LogP) is -1.94. The van der Waals surface area contributed by atoms with Gasteiger partial charge >= 0.3 is 5.97 Å². The van der Waals surface area contributed by atoms with Crippen LogP contribution in [0.5, 0.6) is 5.75 Å². The Morgan fingerprint density at radius 3 is 2.21 bits per heavy atom. The molecule has 0 fully saturated rings. The second-order valence-electron chi connectivity index (χ2n) is 7.17. The highest BCUT2D eigenvalue weighted by atomic mass is 32.2. The van der Waals surface area contributed by atoms with Crippen LogP contribution in [0.1, 0.15) is 18.4 Å². The smallest absolute Gasteiger partial charge is 0.326 e. The Bertz CT molecular complexity index is 850. The number of benzene rings is 1. The topological polar surface area (TPSA) is 214 Å². The van der Waals surface area contributed by atoms with E-state index in [1.807, 2.05) is 6.26 Å². The number of carboxylic acids is 1. The number of hydrogen-bond acceptors (Lipinski definition) is 8. The average molecular weight is 484 g/mol. The fourth-order valence-corrected chi connectivity index (χ4v) is 3.16. The number of carbonyl (C=O) groups is 5. The third kappa shape index (κ3) is 10.7. The average Bonchev–Trinajstić information content (AvgIpc) is 2.75. The van der Waals surface area contributed by atoms with Gasteiger partial charge < -0.3 is 37.6 Å². The van der Waals surface area contributed by atoms with Crippen LogP contribution < -0.4 is 27.4 Å². The lowest BCUT2D eigenvalue weighted by Gasteiger charge is -2.21. The quantitative estimate of drug-likeness (QED) is 0.156. The van der Waals surface area contributed by atoms with Crippen LogP contribution in [0.25, 0.3) is 0 Å². The van der Waals surface area contributed by atoms with Crippen molar-refractivity contribution in [3.8, 4) is 5.75 Å². The molecule has 1 aromatic rings. The second kappa shape index (κ2) is 14.0. The first-order valence-corrected chi connectivity index (χ1v) is 11.3. The number of rotatable bonds is 14. The number of carbonyl (C=O) groups excluding carboxylic acids is 4. The third-order valence-electron chi connectivity index (χ3n) is 4.44. The number of phenols is 1. The van der Waals surface area contributed by atoms with Crippen molar-refractivity contribution in [2.75, 3.05) is 18.6 Å². The molecule has 1 aromatic carbocycles. The number of thioether (sulfide) groups is 1. The molecular weight excluding hydrogens is 454 g/mol. The lowest BCUT2D eigenvalue weighted by atomic mass is 10.0. The lowest BCUT2D eigenvalue weighted by molar-refractivity contribution is -0.143. The second-order valence-corrected chi connectivity index (χ2v) is 8.15. The van der Waals surface area contributed by atoms with E-state index in [1.54, 1.807) is 12.1 Å². The van der Waals surface area contributed by atoms with Gasteiger partial charge in [-0.1, -0.05) is 12.1 Å². The molecule has 0 aliphatic carbocycles. The molecule has 0 saturated carbocycles. The van der Waals surface area contributed by atoms with E-state index in [4.69, 9.17) is 16.6 Å². The Morgan fingerprint density at radius 2 is 1.67 bits per heavy atom.